The Labute approximate surface area is 168 Å². The molecule has 0 radical (unpaired) electrons. The van der Waals surface area contributed by atoms with Crippen LogP contribution in [0.1, 0.15) is 10.4 Å². The zero-order chi connectivity index (χ0) is 20.3. The summed E-state index contributed by atoms with van der Waals surface area (Å²) in [7, 11) is 0. The molecule has 0 fully saturated rings. The van der Waals surface area contributed by atoms with Gasteiger partial charge in [-0.2, -0.15) is 0 Å². The van der Waals surface area contributed by atoms with Gasteiger partial charge in [0.1, 0.15) is 6.33 Å². The molecule has 0 saturated carbocycles. The summed E-state index contributed by atoms with van der Waals surface area (Å²) in [6.07, 6.45) is 1.14. The van der Waals surface area contributed by atoms with Gasteiger partial charge >= 0.3 is 11.7 Å². The number of carboxylic acid groups (broad SMARTS) is 1. The quantitative estimate of drug-likeness (QED) is 0.380. The fraction of sp³-hybridized carbons (Fsp3) is 0. The molecule has 0 aliphatic carbocycles. The molecule has 0 aliphatic heterocycles. The lowest BCUT2D eigenvalue weighted by atomic mass is 10.2. The summed E-state index contributed by atoms with van der Waals surface area (Å²) in [5.74, 6) is -1.25. The van der Waals surface area contributed by atoms with Crippen LogP contribution < -0.4 is 10.6 Å². The minimum Gasteiger partial charge on any atom is -0.478 e. The number of aromatic carboxylic acids is 1. The molecule has 0 spiro atoms. The van der Waals surface area contributed by atoms with E-state index in [-0.39, 0.29) is 27.2 Å². The molecule has 28 heavy (non-hydrogen) atoms. The Morgan fingerprint density at radius 3 is 2.29 bits per heavy atom. The molecule has 1 aromatic heterocycles. The third kappa shape index (κ3) is 4.11. The number of carboxylic acids is 1. The number of nitro groups is 1. The smallest absolute Gasteiger partial charge is 0.353 e. The number of hydrogen-bond acceptors (Lipinski definition) is 7. The van der Waals surface area contributed by atoms with Crippen molar-refractivity contribution >= 4 is 57.9 Å². The fourth-order valence-electron chi connectivity index (χ4n) is 2.30. The van der Waals surface area contributed by atoms with Gasteiger partial charge in [0.2, 0.25) is 11.6 Å². The summed E-state index contributed by atoms with van der Waals surface area (Å²) in [5, 5.41) is 26.6. The first-order valence-corrected chi connectivity index (χ1v) is 8.43. The number of nitrogens with one attached hydrogen (secondary N) is 2. The summed E-state index contributed by atoms with van der Waals surface area (Å²) in [4.78, 5) is 29.7. The lowest BCUT2D eigenvalue weighted by Crippen LogP contribution is -2.06. The second-order valence-corrected chi connectivity index (χ2v) is 6.20. The Hall–Kier alpha value is -3.43. The number of aromatic nitrogens is 2. The maximum absolute atomic E-state index is 11.6. The number of anilines is 4. The van der Waals surface area contributed by atoms with Gasteiger partial charge < -0.3 is 15.7 Å². The SMILES string of the molecule is O=C(O)c1ccc(Nc2ncnc(Nc3cccc(Cl)c3Cl)c2[N+](=O)[O-])cc1. The summed E-state index contributed by atoms with van der Waals surface area (Å²) in [6.45, 7) is 0. The van der Waals surface area contributed by atoms with E-state index in [1.165, 1.54) is 24.3 Å². The van der Waals surface area contributed by atoms with Crippen LogP contribution in [0.3, 0.4) is 0 Å². The van der Waals surface area contributed by atoms with Gasteiger partial charge in [0.25, 0.3) is 0 Å². The number of carbonyl (C=O) groups is 1. The van der Waals surface area contributed by atoms with Crippen LogP contribution in [0.2, 0.25) is 10.0 Å². The highest BCUT2D eigenvalue weighted by Crippen LogP contribution is 2.36. The van der Waals surface area contributed by atoms with Crippen molar-refractivity contribution in [2.75, 3.05) is 10.6 Å². The number of rotatable bonds is 6. The number of benzene rings is 2. The summed E-state index contributed by atoms with van der Waals surface area (Å²) >= 11 is 12.1. The van der Waals surface area contributed by atoms with Crippen molar-refractivity contribution in [3.05, 3.63) is 74.5 Å². The monoisotopic (exact) mass is 419 g/mol. The van der Waals surface area contributed by atoms with Crippen molar-refractivity contribution in [1.82, 2.24) is 9.97 Å². The van der Waals surface area contributed by atoms with Crippen LogP contribution >= 0.6 is 23.2 Å². The molecule has 142 valence electrons. The van der Waals surface area contributed by atoms with E-state index in [1.807, 2.05) is 0 Å². The minimum absolute atomic E-state index is 0.0799. The Morgan fingerprint density at radius 2 is 1.68 bits per heavy atom. The van der Waals surface area contributed by atoms with E-state index in [0.29, 0.717) is 11.4 Å². The van der Waals surface area contributed by atoms with Crippen molar-refractivity contribution < 1.29 is 14.8 Å². The largest absolute Gasteiger partial charge is 0.478 e. The molecular weight excluding hydrogens is 409 g/mol. The van der Waals surface area contributed by atoms with E-state index in [9.17, 15) is 14.9 Å². The molecule has 0 saturated heterocycles. The van der Waals surface area contributed by atoms with Gasteiger partial charge in [-0.15, -0.1) is 0 Å². The lowest BCUT2D eigenvalue weighted by Gasteiger charge is -2.11. The number of halogens is 2. The van der Waals surface area contributed by atoms with E-state index in [2.05, 4.69) is 20.6 Å². The van der Waals surface area contributed by atoms with E-state index < -0.39 is 16.6 Å². The third-order valence-corrected chi connectivity index (χ3v) is 4.42. The normalized spacial score (nSPS) is 10.4. The molecule has 0 aliphatic rings. The average molecular weight is 420 g/mol. The number of nitrogens with zero attached hydrogens (tertiary/aromatic N) is 3. The van der Waals surface area contributed by atoms with Gasteiger partial charge in [0.05, 0.1) is 26.2 Å². The van der Waals surface area contributed by atoms with Crippen LogP contribution in [0.5, 0.6) is 0 Å². The molecule has 3 aromatic rings. The maximum Gasteiger partial charge on any atom is 0.353 e. The van der Waals surface area contributed by atoms with Gasteiger partial charge in [-0.1, -0.05) is 29.3 Å². The van der Waals surface area contributed by atoms with E-state index in [1.54, 1.807) is 18.2 Å². The van der Waals surface area contributed by atoms with Crippen LogP contribution in [0.15, 0.2) is 48.8 Å². The third-order valence-electron chi connectivity index (χ3n) is 3.60. The van der Waals surface area contributed by atoms with Crippen LogP contribution in [0.25, 0.3) is 0 Å². The second-order valence-electron chi connectivity index (χ2n) is 5.41. The molecule has 0 bridgehead atoms. The van der Waals surface area contributed by atoms with Crippen molar-refractivity contribution in [3.8, 4) is 0 Å². The van der Waals surface area contributed by atoms with Gasteiger partial charge in [0.15, 0.2) is 0 Å². The Morgan fingerprint density at radius 1 is 1.04 bits per heavy atom. The van der Waals surface area contributed by atoms with Crippen LogP contribution in [0, 0.1) is 10.1 Å². The van der Waals surface area contributed by atoms with Gasteiger partial charge in [-0.25, -0.2) is 14.8 Å². The first-order chi connectivity index (χ1) is 13.4. The van der Waals surface area contributed by atoms with Crippen molar-refractivity contribution in [1.29, 1.82) is 0 Å². The lowest BCUT2D eigenvalue weighted by molar-refractivity contribution is -0.383. The van der Waals surface area contributed by atoms with Gasteiger partial charge in [-0.3, -0.25) is 10.1 Å². The molecule has 9 nitrogen and oxygen atoms in total. The minimum atomic E-state index is -1.08. The van der Waals surface area contributed by atoms with Gasteiger partial charge in [0, 0.05) is 5.69 Å². The predicted molar refractivity (Wildman–Crippen MR) is 105 cm³/mol. The highest BCUT2D eigenvalue weighted by Gasteiger charge is 2.24. The topological polar surface area (TPSA) is 130 Å². The van der Waals surface area contributed by atoms with Gasteiger partial charge in [-0.05, 0) is 36.4 Å². The Kier molecular flexibility index (Phi) is 5.57. The standard InChI is InChI=1S/C17H11Cl2N5O4/c18-11-2-1-3-12(13(11)19)23-16-14(24(27)28)15(20-8-21-16)22-10-6-4-9(5-7-10)17(25)26/h1-8H,(H,25,26)(H2,20,21,22,23). The maximum atomic E-state index is 11.6. The van der Waals surface area contributed by atoms with E-state index in [0.717, 1.165) is 6.33 Å². The highest BCUT2D eigenvalue weighted by atomic mass is 35.5. The first-order valence-electron chi connectivity index (χ1n) is 7.67. The zero-order valence-electron chi connectivity index (χ0n) is 13.9. The molecule has 11 heteroatoms. The molecule has 2 aromatic carbocycles. The molecule has 1 heterocycles. The summed E-state index contributed by atoms with van der Waals surface area (Å²) in [5.41, 5.74) is 0.424. The second kappa shape index (κ2) is 8.07. The van der Waals surface area contributed by atoms with Crippen molar-refractivity contribution in [2.24, 2.45) is 0 Å². The summed E-state index contributed by atoms with van der Waals surface area (Å²) < 4.78 is 0. The van der Waals surface area contributed by atoms with Crippen molar-refractivity contribution in [2.45, 2.75) is 0 Å². The number of hydrogen-bond donors (Lipinski definition) is 3. The Bertz CT molecular complexity index is 1060. The fourth-order valence-corrected chi connectivity index (χ4v) is 2.64. The highest BCUT2D eigenvalue weighted by molar-refractivity contribution is 6.43. The molecular formula is C17H11Cl2N5O4. The average Bonchev–Trinajstić information content (AvgIpc) is 2.66. The first kappa shape index (κ1) is 19.3. The molecule has 3 N–H and O–H groups in total. The van der Waals surface area contributed by atoms with Crippen molar-refractivity contribution in [3.63, 3.8) is 0 Å². The van der Waals surface area contributed by atoms with Crippen LogP contribution in [-0.2, 0) is 0 Å². The zero-order valence-corrected chi connectivity index (χ0v) is 15.4. The van der Waals surface area contributed by atoms with Crippen LogP contribution in [0.4, 0.5) is 28.7 Å². The Balaban J connectivity index is 1.96. The molecule has 0 amide bonds. The predicted octanol–water partition coefficient (Wildman–Crippen LogP) is 4.88. The molecule has 3 rings (SSSR count). The van der Waals surface area contributed by atoms with Crippen LogP contribution in [-0.4, -0.2) is 26.0 Å². The molecule has 0 atom stereocenters. The summed E-state index contributed by atoms with van der Waals surface area (Å²) in [6, 6.07) is 10.5. The molecule has 0 unspecified atom stereocenters. The van der Waals surface area contributed by atoms with E-state index >= 15 is 0 Å². The van der Waals surface area contributed by atoms with E-state index in [4.69, 9.17) is 28.3 Å².